The van der Waals surface area contributed by atoms with Gasteiger partial charge in [-0.3, -0.25) is 4.79 Å². The van der Waals surface area contributed by atoms with Gasteiger partial charge in [-0.1, -0.05) is 11.6 Å². The first-order valence-corrected chi connectivity index (χ1v) is 12.0. The second-order valence-corrected chi connectivity index (χ2v) is 10.2. The lowest BCUT2D eigenvalue weighted by molar-refractivity contribution is -0.0436. The highest BCUT2D eigenvalue weighted by Crippen LogP contribution is 2.39. The van der Waals surface area contributed by atoms with Gasteiger partial charge in [-0.2, -0.15) is 23.1 Å². The fourth-order valence-electron chi connectivity index (χ4n) is 3.21. The molecule has 0 bridgehead atoms. The van der Waals surface area contributed by atoms with E-state index in [0.717, 1.165) is 18.9 Å². The standard InChI is InChI=1S/C21H16ClF3N6O3S/c1-11(28-20(32)14-6-15(22)8-16(7-14)35(33,34)21(23,24)25)19-29-18(13-3-4-13)30-31(19)17-5-2-12(9-26)10-27-17/h2,5-8,10-11,13H,3-4H2,1H3,(H,28,32)/t11-/m0/s1. The first kappa shape index (κ1) is 24.6. The minimum Gasteiger partial charge on any atom is -0.342 e. The third-order valence-corrected chi connectivity index (χ3v) is 6.85. The molecule has 35 heavy (non-hydrogen) atoms. The van der Waals surface area contributed by atoms with Crippen LogP contribution in [0.4, 0.5) is 13.2 Å². The van der Waals surface area contributed by atoms with E-state index in [1.165, 1.54) is 10.9 Å². The summed E-state index contributed by atoms with van der Waals surface area (Å²) in [4.78, 5) is 20.4. The van der Waals surface area contributed by atoms with E-state index in [2.05, 4.69) is 20.4 Å². The number of pyridine rings is 1. The number of nitrogens with one attached hydrogen (secondary N) is 1. The van der Waals surface area contributed by atoms with Crippen molar-refractivity contribution in [3.05, 3.63) is 64.3 Å². The number of carbonyl (C=O) groups excluding carboxylic acids is 1. The zero-order chi connectivity index (χ0) is 25.5. The Morgan fingerprint density at radius 1 is 1.29 bits per heavy atom. The summed E-state index contributed by atoms with van der Waals surface area (Å²) in [5.74, 6) is 0.491. The molecule has 14 heteroatoms. The van der Waals surface area contributed by atoms with Crippen LogP contribution < -0.4 is 5.32 Å². The molecule has 9 nitrogen and oxygen atoms in total. The van der Waals surface area contributed by atoms with Crippen LogP contribution in [0.1, 0.15) is 59.3 Å². The number of halogens is 4. The number of hydrogen-bond donors (Lipinski definition) is 1. The zero-order valence-corrected chi connectivity index (χ0v) is 19.5. The van der Waals surface area contributed by atoms with Crippen LogP contribution in [0.2, 0.25) is 5.02 Å². The minimum absolute atomic E-state index is 0.166. The Balaban J connectivity index is 1.65. The fraction of sp³-hybridized carbons (Fsp3) is 0.286. The van der Waals surface area contributed by atoms with Gasteiger partial charge in [0.2, 0.25) is 0 Å². The highest BCUT2D eigenvalue weighted by atomic mass is 35.5. The monoisotopic (exact) mass is 524 g/mol. The van der Waals surface area contributed by atoms with Crippen molar-refractivity contribution < 1.29 is 26.4 Å². The minimum atomic E-state index is -5.71. The van der Waals surface area contributed by atoms with Crippen LogP contribution in [0.3, 0.4) is 0 Å². The second kappa shape index (κ2) is 8.94. The number of aromatic nitrogens is 4. The lowest BCUT2D eigenvalue weighted by atomic mass is 10.2. The number of hydrogen-bond acceptors (Lipinski definition) is 7. The summed E-state index contributed by atoms with van der Waals surface area (Å²) < 4.78 is 63.9. The van der Waals surface area contributed by atoms with Gasteiger partial charge in [-0.05, 0) is 50.1 Å². The van der Waals surface area contributed by atoms with Crippen LogP contribution in [0, 0.1) is 11.3 Å². The Labute approximate surface area is 202 Å². The van der Waals surface area contributed by atoms with Gasteiger partial charge in [0.05, 0.1) is 16.5 Å². The summed E-state index contributed by atoms with van der Waals surface area (Å²) in [6, 6.07) is 6.56. The van der Waals surface area contributed by atoms with Crippen LogP contribution in [0.25, 0.3) is 5.82 Å². The van der Waals surface area contributed by atoms with Crippen molar-refractivity contribution >= 4 is 27.3 Å². The van der Waals surface area contributed by atoms with Crippen LogP contribution in [-0.4, -0.2) is 39.6 Å². The van der Waals surface area contributed by atoms with E-state index in [1.54, 1.807) is 19.1 Å². The molecular formula is C21H16ClF3N6O3S. The van der Waals surface area contributed by atoms with Crippen LogP contribution in [0.15, 0.2) is 41.4 Å². The normalized spacial score (nSPS) is 14.9. The van der Waals surface area contributed by atoms with E-state index in [0.29, 0.717) is 35.2 Å². The van der Waals surface area contributed by atoms with E-state index in [9.17, 15) is 26.4 Å². The Morgan fingerprint density at radius 3 is 2.57 bits per heavy atom. The summed E-state index contributed by atoms with van der Waals surface area (Å²) in [6.45, 7) is 1.58. The maximum Gasteiger partial charge on any atom is 0.501 e. The van der Waals surface area contributed by atoms with Crippen molar-refractivity contribution in [2.75, 3.05) is 0 Å². The summed E-state index contributed by atoms with van der Waals surface area (Å²) >= 11 is 5.81. The molecule has 1 N–H and O–H groups in total. The zero-order valence-electron chi connectivity index (χ0n) is 17.9. The lowest BCUT2D eigenvalue weighted by Gasteiger charge is -2.15. The van der Waals surface area contributed by atoms with E-state index in [-0.39, 0.29) is 16.5 Å². The van der Waals surface area contributed by atoms with Crippen molar-refractivity contribution in [1.82, 2.24) is 25.1 Å². The summed E-state index contributed by atoms with van der Waals surface area (Å²) in [6.07, 6.45) is 3.17. The lowest BCUT2D eigenvalue weighted by Crippen LogP contribution is -2.29. The topological polar surface area (TPSA) is 131 Å². The smallest absolute Gasteiger partial charge is 0.342 e. The number of amides is 1. The van der Waals surface area contributed by atoms with Crippen molar-refractivity contribution in [2.24, 2.45) is 0 Å². The Kier molecular flexibility index (Phi) is 6.29. The van der Waals surface area contributed by atoms with Gasteiger partial charge in [0.15, 0.2) is 17.5 Å². The summed E-state index contributed by atoms with van der Waals surface area (Å²) in [5, 5.41) is 15.7. The van der Waals surface area contributed by atoms with Crippen molar-refractivity contribution in [3.63, 3.8) is 0 Å². The van der Waals surface area contributed by atoms with Crippen LogP contribution in [0.5, 0.6) is 0 Å². The molecule has 1 fully saturated rings. The molecule has 1 aliphatic carbocycles. The van der Waals surface area contributed by atoms with Crippen LogP contribution >= 0.6 is 11.6 Å². The predicted molar refractivity (Wildman–Crippen MR) is 116 cm³/mol. The molecule has 1 aromatic carbocycles. The number of carbonyl (C=O) groups is 1. The van der Waals surface area contributed by atoms with Crippen molar-refractivity contribution in [2.45, 2.75) is 42.1 Å². The number of nitrogens with zero attached hydrogens (tertiary/aromatic N) is 5. The highest BCUT2D eigenvalue weighted by molar-refractivity contribution is 7.92. The predicted octanol–water partition coefficient (Wildman–Crippen LogP) is 3.85. The molecule has 2 aromatic heterocycles. The average Bonchev–Trinajstić information content (AvgIpc) is 3.56. The molecule has 0 radical (unpaired) electrons. The first-order chi connectivity index (χ1) is 16.4. The average molecular weight is 525 g/mol. The second-order valence-electron chi connectivity index (χ2n) is 7.85. The molecule has 0 spiro atoms. The van der Waals surface area contributed by atoms with Gasteiger partial charge in [0.25, 0.3) is 15.7 Å². The van der Waals surface area contributed by atoms with Gasteiger partial charge in [0, 0.05) is 22.7 Å². The molecular weight excluding hydrogens is 509 g/mol. The van der Waals surface area contributed by atoms with E-state index in [1.807, 2.05) is 6.07 Å². The van der Waals surface area contributed by atoms with E-state index < -0.39 is 32.2 Å². The SMILES string of the molecule is C[C@H](NC(=O)c1cc(Cl)cc(S(=O)(=O)C(F)(F)F)c1)c1nc(C2CC2)nn1-c1ccc(C#N)cn1. The number of alkyl halides is 3. The molecule has 1 aliphatic rings. The third-order valence-electron chi connectivity index (χ3n) is 5.17. The molecule has 0 aliphatic heterocycles. The fourth-order valence-corrected chi connectivity index (χ4v) is 4.34. The largest absolute Gasteiger partial charge is 0.501 e. The highest BCUT2D eigenvalue weighted by Gasteiger charge is 2.47. The number of rotatable bonds is 6. The number of sulfone groups is 1. The maximum absolute atomic E-state index is 13.0. The maximum atomic E-state index is 13.0. The molecule has 0 saturated heterocycles. The summed E-state index contributed by atoms with van der Waals surface area (Å²) in [7, 11) is -5.71. The molecule has 1 amide bonds. The quantitative estimate of drug-likeness (QED) is 0.518. The molecule has 2 heterocycles. The van der Waals surface area contributed by atoms with E-state index in [4.69, 9.17) is 16.9 Å². The molecule has 0 unspecified atom stereocenters. The van der Waals surface area contributed by atoms with Gasteiger partial charge < -0.3 is 5.32 Å². The van der Waals surface area contributed by atoms with Gasteiger partial charge >= 0.3 is 5.51 Å². The summed E-state index contributed by atoms with van der Waals surface area (Å²) in [5.41, 5.74) is -5.59. The number of benzene rings is 1. The molecule has 1 atom stereocenters. The van der Waals surface area contributed by atoms with Crippen molar-refractivity contribution in [1.29, 1.82) is 5.26 Å². The Hall–Kier alpha value is -3.50. The third kappa shape index (κ3) is 4.98. The van der Waals surface area contributed by atoms with Crippen LogP contribution in [-0.2, 0) is 9.84 Å². The van der Waals surface area contributed by atoms with E-state index >= 15 is 0 Å². The number of nitriles is 1. The first-order valence-electron chi connectivity index (χ1n) is 10.2. The Morgan fingerprint density at radius 2 is 2.00 bits per heavy atom. The molecule has 1 saturated carbocycles. The van der Waals surface area contributed by atoms with Gasteiger partial charge in [0.1, 0.15) is 6.07 Å². The molecule has 182 valence electrons. The molecule has 3 aromatic rings. The van der Waals surface area contributed by atoms with Crippen molar-refractivity contribution in [3.8, 4) is 11.9 Å². The molecule has 4 rings (SSSR count). The van der Waals surface area contributed by atoms with Gasteiger partial charge in [-0.25, -0.2) is 18.4 Å². The van der Waals surface area contributed by atoms with Gasteiger partial charge in [-0.15, -0.1) is 5.10 Å². The Bertz CT molecular complexity index is 1440.